The molecule has 1 heterocycles. The van der Waals surface area contributed by atoms with Gasteiger partial charge in [0.15, 0.2) is 5.84 Å². The van der Waals surface area contributed by atoms with Gasteiger partial charge < -0.3 is 15.7 Å². The molecule has 0 aliphatic rings. The number of aryl methyl sites for hydroxylation is 1. The zero-order valence-corrected chi connectivity index (χ0v) is 10.6. The van der Waals surface area contributed by atoms with E-state index in [4.69, 9.17) is 15.7 Å². The molecule has 0 bridgehead atoms. The first kappa shape index (κ1) is 12.9. The summed E-state index contributed by atoms with van der Waals surface area (Å²) in [5, 5.41) is 11.5. The number of aromatic nitrogens is 1. The van der Waals surface area contributed by atoms with Crippen LogP contribution < -0.4 is 10.5 Å². The lowest BCUT2D eigenvalue weighted by Crippen LogP contribution is -2.15. The fourth-order valence-electron chi connectivity index (χ4n) is 1.56. The van der Waals surface area contributed by atoms with Crippen molar-refractivity contribution in [2.75, 3.05) is 0 Å². The predicted octanol–water partition coefficient (Wildman–Crippen LogP) is 2.06. The highest BCUT2D eigenvalue weighted by molar-refractivity contribution is 5.95. The van der Waals surface area contributed by atoms with Crippen molar-refractivity contribution in [3.05, 3.63) is 59.4 Å². The Morgan fingerprint density at radius 1 is 1.32 bits per heavy atom. The van der Waals surface area contributed by atoms with Crippen LogP contribution in [0.5, 0.6) is 5.75 Å². The normalized spacial score (nSPS) is 11.3. The maximum Gasteiger partial charge on any atom is 0.188 e. The molecule has 2 rings (SSSR count). The van der Waals surface area contributed by atoms with Gasteiger partial charge >= 0.3 is 0 Å². The molecule has 19 heavy (non-hydrogen) atoms. The molecule has 0 saturated heterocycles. The van der Waals surface area contributed by atoms with Crippen LogP contribution in [0.1, 0.15) is 16.8 Å². The Morgan fingerprint density at radius 2 is 2.05 bits per heavy atom. The average Bonchev–Trinajstić information content (AvgIpc) is 2.46. The van der Waals surface area contributed by atoms with Crippen molar-refractivity contribution in [2.24, 2.45) is 10.9 Å². The van der Waals surface area contributed by atoms with Crippen molar-refractivity contribution in [3.63, 3.8) is 0 Å². The molecule has 0 atom stereocenters. The van der Waals surface area contributed by atoms with E-state index in [9.17, 15) is 0 Å². The largest absolute Gasteiger partial charge is 0.489 e. The second-order valence-corrected chi connectivity index (χ2v) is 4.14. The Balaban J connectivity index is 2.05. The van der Waals surface area contributed by atoms with Gasteiger partial charge in [0.25, 0.3) is 0 Å². The highest BCUT2D eigenvalue weighted by atomic mass is 16.5. The third-order valence-corrected chi connectivity index (χ3v) is 2.62. The fraction of sp³-hybridized carbons (Fsp3) is 0.143. The monoisotopic (exact) mass is 257 g/mol. The van der Waals surface area contributed by atoms with Crippen molar-refractivity contribution in [1.82, 2.24) is 4.98 Å². The molecular weight excluding hydrogens is 242 g/mol. The van der Waals surface area contributed by atoms with Crippen LogP contribution in [0.25, 0.3) is 0 Å². The van der Waals surface area contributed by atoms with E-state index in [-0.39, 0.29) is 5.84 Å². The van der Waals surface area contributed by atoms with Crippen molar-refractivity contribution in [3.8, 4) is 5.75 Å². The van der Waals surface area contributed by atoms with Gasteiger partial charge in [-0.05, 0) is 36.8 Å². The predicted molar refractivity (Wildman–Crippen MR) is 72.3 cm³/mol. The van der Waals surface area contributed by atoms with Crippen molar-refractivity contribution >= 4 is 5.84 Å². The molecule has 0 amide bonds. The van der Waals surface area contributed by atoms with Gasteiger partial charge in [-0.25, -0.2) is 0 Å². The summed E-state index contributed by atoms with van der Waals surface area (Å²) >= 11 is 0. The zero-order valence-electron chi connectivity index (χ0n) is 10.6. The lowest BCUT2D eigenvalue weighted by Gasteiger charge is -2.07. The van der Waals surface area contributed by atoms with E-state index in [1.807, 2.05) is 37.3 Å². The number of hydrogen-bond acceptors (Lipinski definition) is 4. The first-order chi connectivity index (χ1) is 9.19. The van der Waals surface area contributed by atoms with Gasteiger partial charge in [-0.15, -0.1) is 0 Å². The summed E-state index contributed by atoms with van der Waals surface area (Å²) in [6.45, 7) is 2.42. The summed E-state index contributed by atoms with van der Waals surface area (Å²) < 4.78 is 5.64. The number of nitrogens with two attached hydrogens (primary N) is 1. The van der Waals surface area contributed by atoms with Gasteiger partial charge in [-0.3, -0.25) is 4.98 Å². The van der Waals surface area contributed by atoms with Gasteiger partial charge in [0.05, 0.1) is 0 Å². The van der Waals surface area contributed by atoms with Crippen LogP contribution in [0.2, 0.25) is 0 Å². The summed E-state index contributed by atoms with van der Waals surface area (Å²) in [6, 6.07) is 11.4. The molecule has 98 valence electrons. The molecule has 0 aliphatic carbocycles. The van der Waals surface area contributed by atoms with Gasteiger partial charge in [-0.2, -0.15) is 0 Å². The molecular formula is C14H15N3O2. The molecule has 0 spiro atoms. The SMILES string of the molecule is Cc1ccc(OCc2ccnc(C(N)=NO)c2)cc1. The Morgan fingerprint density at radius 3 is 2.74 bits per heavy atom. The number of pyridine rings is 1. The molecule has 5 nitrogen and oxygen atoms in total. The van der Waals surface area contributed by atoms with Gasteiger partial charge in [0, 0.05) is 6.20 Å². The van der Waals surface area contributed by atoms with Crippen LogP contribution >= 0.6 is 0 Å². The smallest absolute Gasteiger partial charge is 0.188 e. The number of nitrogens with zero attached hydrogens (tertiary/aromatic N) is 2. The van der Waals surface area contributed by atoms with Crippen LogP contribution in [0, 0.1) is 6.92 Å². The zero-order chi connectivity index (χ0) is 13.7. The minimum atomic E-state index is -0.0165. The number of amidine groups is 1. The summed E-state index contributed by atoms with van der Waals surface area (Å²) in [5.74, 6) is 0.782. The second-order valence-electron chi connectivity index (χ2n) is 4.14. The topological polar surface area (TPSA) is 80.7 Å². The van der Waals surface area contributed by atoms with Gasteiger partial charge in [-0.1, -0.05) is 22.9 Å². The number of rotatable bonds is 4. The van der Waals surface area contributed by atoms with Gasteiger partial charge in [0.1, 0.15) is 18.1 Å². The molecule has 0 unspecified atom stereocenters. The molecule has 1 aromatic heterocycles. The molecule has 0 saturated carbocycles. The van der Waals surface area contributed by atoms with E-state index in [2.05, 4.69) is 10.1 Å². The van der Waals surface area contributed by atoms with E-state index in [0.717, 1.165) is 11.3 Å². The summed E-state index contributed by atoms with van der Waals surface area (Å²) in [5.41, 5.74) is 7.99. The quantitative estimate of drug-likeness (QED) is 0.380. The Hall–Kier alpha value is -2.56. The third-order valence-electron chi connectivity index (χ3n) is 2.62. The van der Waals surface area contributed by atoms with Gasteiger partial charge in [0.2, 0.25) is 0 Å². The number of ether oxygens (including phenoxy) is 1. The minimum absolute atomic E-state index is 0.0165. The van der Waals surface area contributed by atoms with Crippen molar-refractivity contribution in [2.45, 2.75) is 13.5 Å². The van der Waals surface area contributed by atoms with E-state index in [0.29, 0.717) is 12.3 Å². The summed E-state index contributed by atoms with van der Waals surface area (Å²) in [7, 11) is 0. The molecule has 0 fully saturated rings. The summed E-state index contributed by atoms with van der Waals surface area (Å²) in [4.78, 5) is 4.01. The van der Waals surface area contributed by atoms with Crippen molar-refractivity contribution < 1.29 is 9.94 Å². The third kappa shape index (κ3) is 3.45. The standard InChI is InChI=1S/C14H15N3O2/c1-10-2-4-12(5-3-10)19-9-11-6-7-16-13(8-11)14(15)17-18/h2-8,18H,9H2,1H3,(H2,15,17). The first-order valence-electron chi connectivity index (χ1n) is 5.81. The minimum Gasteiger partial charge on any atom is -0.489 e. The number of benzene rings is 1. The molecule has 3 N–H and O–H groups in total. The Kier molecular flexibility index (Phi) is 3.97. The lowest BCUT2D eigenvalue weighted by molar-refractivity contribution is 0.306. The Bertz CT molecular complexity index is 579. The van der Waals surface area contributed by atoms with E-state index in [1.165, 1.54) is 5.56 Å². The first-order valence-corrected chi connectivity index (χ1v) is 5.81. The molecule has 0 radical (unpaired) electrons. The second kappa shape index (κ2) is 5.86. The van der Waals surface area contributed by atoms with E-state index < -0.39 is 0 Å². The number of hydrogen-bond donors (Lipinski definition) is 2. The van der Waals surface area contributed by atoms with Crippen LogP contribution in [-0.2, 0) is 6.61 Å². The Labute approximate surface area is 111 Å². The summed E-state index contributed by atoms with van der Waals surface area (Å²) in [6.07, 6.45) is 1.60. The van der Waals surface area contributed by atoms with E-state index in [1.54, 1.807) is 12.3 Å². The average molecular weight is 257 g/mol. The fourth-order valence-corrected chi connectivity index (χ4v) is 1.56. The highest BCUT2D eigenvalue weighted by Gasteiger charge is 2.03. The molecule has 0 aliphatic heterocycles. The van der Waals surface area contributed by atoms with Crippen LogP contribution in [-0.4, -0.2) is 16.0 Å². The van der Waals surface area contributed by atoms with Crippen LogP contribution in [0.3, 0.4) is 0 Å². The van der Waals surface area contributed by atoms with Crippen LogP contribution in [0.15, 0.2) is 47.8 Å². The van der Waals surface area contributed by atoms with E-state index >= 15 is 0 Å². The lowest BCUT2D eigenvalue weighted by atomic mass is 10.2. The van der Waals surface area contributed by atoms with Crippen molar-refractivity contribution in [1.29, 1.82) is 0 Å². The molecule has 1 aromatic carbocycles. The highest BCUT2D eigenvalue weighted by Crippen LogP contribution is 2.13. The molecule has 5 heteroatoms. The maximum atomic E-state index is 8.60. The maximum absolute atomic E-state index is 8.60. The molecule has 2 aromatic rings. The number of oxime groups is 1. The van der Waals surface area contributed by atoms with Crippen LogP contribution in [0.4, 0.5) is 0 Å².